The number of nitrogens with one attached hydrogen (secondary N) is 1. The Kier molecular flexibility index (Phi) is 5.74. The lowest BCUT2D eigenvalue weighted by molar-refractivity contribution is 0.0677. The van der Waals surface area contributed by atoms with E-state index >= 15 is 0 Å². The molecule has 0 saturated carbocycles. The minimum atomic E-state index is -0.0784. The van der Waals surface area contributed by atoms with Crippen LogP contribution in [0.5, 0.6) is 0 Å². The smallest absolute Gasteiger partial charge is 0.291 e. The third kappa shape index (κ3) is 4.17. The number of pyridine rings is 1. The van der Waals surface area contributed by atoms with Crippen molar-refractivity contribution in [2.24, 2.45) is 0 Å². The number of anilines is 2. The van der Waals surface area contributed by atoms with Crippen LogP contribution in [-0.4, -0.2) is 43.8 Å². The second kappa shape index (κ2) is 8.61. The molecule has 1 aliphatic heterocycles. The van der Waals surface area contributed by atoms with E-state index in [9.17, 15) is 4.79 Å². The number of carbonyl (C=O) groups excluding carboxylic acids is 1. The lowest BCUT2D eigenvalue weighted by atomic mass is 9.93. The Morgan fingerprint density at radius 3 is 2.73 bits per heavy atom. The minimum Gasteiger partial charge on any atom is -0.435 e. The lowest BCUT2D eigenvalue weighted by Crippen LogP contribution is -2.38. The summed E-state index contributed by atoms with van der Waals surface area (Å²) >= 11 is 0. The first kappa shape index (κ1) is 20.0. The van der Waals surface area contributed by atoms with Crippen molar-refractivity contribution in [3.63, 3.8) is 0 Å². The molecular formula is C22H26N6O2. The second-order valence-corrected chi connectivity index (χ2v) is 7.57. The van der Waals surface area contributed by atoms with E-state index in [-0.39, 0.29) is 11.8 Å². The Hall–Kier alpha value is -3.29. The molecular weight excluding hydrogens is 380 g/mol. The quantitative estimate of drug-likeness (QED) is 0.688. The molecule has 0 aromatic carbocycles. The van der Waals surface area contributed by atoms with Crippen LogP contribution in [0.2, 0.25) is 0 Å². The Labute approximate surface area is 175 Å². The van der Waals surface area contributed by atoms with Gasteiger partial charge in [0.05, 0.1) is 17.6 Å². The SMILES string of the molecule is CCc1nc(C)c(C(=O)N2CCC(c3cncc(Nc4ncccc4C)n3)CC2)o1. The molecule has 1 fully saturated rings. The highest BCUT2D eigenvalue weighted by atomic mass is 16.4. The molecule has 3 aromatic heterocycles. The average Bonchev–Trinajstić information content (AvgIpc) is 3.16. The van der Waals surface area contributed by atoms with Gasteiger partial charge in [-0.05, 0) is 38.3 Å². The van der Waals surface area contributed by atoms with Crippen LogP contribution in [0.1, 0.15) is 59.1 Å². The number of oxazole rings is 1. The molecule has 4 rings (SSSR count). The van der Waals surface area contributed by atoms with Crippen molar-refractivity contribution in [3.8, 4) is 0 Å². The number of aromatic nitrogens is 4. The molecule has 4 heterocycles. The summed E-state index contributed by atoms with van der Waals surface area (Å²) in [6, 6.07) is 3.90. The number of rotatable bonds is 5. The van der Waals surface area contributed by atoms with Crippen LogP contribution in [0, 0.1) is 13.8 Å². The summed E-state index contributed by atoms with van der Waals surface area (Å²) in [5, 5.41) is 3.25. The van der Waals surface area contributed by atoms with Gasteiger partial charge in [0.15, 0.2) is 5.89 Å². The van der Waals surface area contributed by atoms with Gasteiger partial charge in [-0.1, -0.05) is 13.0 Å². The van der Waals surface area contributed by atoms with E-state index in [0.717, 1.165) is 29.9 Å². The topological polar surface area (TPSA) is 97.0 Å². The summed E-state index contributed by atoms with van der Waals surface area (Å²) in [4.78, 5) is 32.4. The number of likely N-dealkylation sites (tertiary alicyclic amines) is 1. The van der Waals surface area contributed by atoms with Crippen molar-refractivity contribution in [2.75, 3.05) is 18.4 Å². The van der Waals surface area contributed by atoms with Crippen molar-refractivity contribution < 1.29 is 9.21 Å². The Morgan fingerprint density at radius 1 is 1.23 bits per heavy atom. The van der Waals surface area contributed by atoms with Crippen LogP contribution < -0.4 is 5.32 Å². The van der Waals surface area contributed by atoms with Gasteiger partial charge >= 0.3 is 0 Å². The summed E-state index contributed by atoms with van der Waals surface area (Å²) in [7, 11) is 0. The highest BCUT2D eigenvalue weighted by Gasteiger charge is 2.28. The maximum absolute atomic E-state index is 12.8. The molecule has 1 aliphatic rings. The first-order valence-electron chi connectivity index (χ1n) is 10.3. The molecule has 1 amide bonds. The number of nitrogens with zero attached hydrogens (tertiary/aromatic N) is 5. The van der Waals surface area contributed by atoms with E-state index in [2.05, 4.69) is 20.3 Å². The summed E-state index contributed by atoms with van der Waals surface area (Å²) in [6.07, 6.45) is 7.61. The van der Waals surface area contributed by atoms with Gasteiger partial charge in [0, 0.05) is 37.8 Å². The standard InChI is InChI=1S/C22H26N6O2/c1-4-19-25-15(3)20(30-19)22(29)28-10-7-16(8-11-28)17-12-23-13-18(26-17)27-21-14(2)6-5-9-24-21/h5-6,9,12-13,16H,4,7-8,10-11H2,1-3H3,(H,24,26,27). The third-order valence-corrected chi connectivity index (χ3v) is 5.45. The number of amides is 1. The fourth-order valence-electron chi connectivity index (χ4n) is 3.70. The fourth-order valence-corrected chi connectivity index (χ4v) is 3.70. The van der Waals surface area contributed by atoms with Gasteiger partial charge in [-0.2, -0.15) is 0 Å². The van der Waals surface area contributed by atoms with E-state index in [1.807, 2.05) is 44.0 Å². The predicted octanol–water partition coefficient (Wildman–Crippen LogP) is 3.80. The van der Waals surface area contributed by atoms with Gasteiger partial charge in [0.25, 0.3) is 5.91 Å². The summed E-state index contributed by atoms with van der Waals surface area (Å²) in [5.41, 5.74) is 2.64. The highest BCUT2D eigenvalue weighted by Crippen LogP contribution is 2.28. The molecule has 0 unspecified atom stereocenters. The third-order valence-electron chi connectivity index (χ3n) is 5.45. The molecule has 0 aliphatic carbocycles. The van der Waals surface area contributed by atoms with Gasteiger partial charge in [-0.25, -0.2) is 15.0 Å². The van der Waals surface area contributed by atoms with Crippen LogP contribution in [0.15, 0.2) is 35.1 Å². The fraction of sp³-hybridized carbons (Fsp3) is 0.409. The zero-order valence-electron chi connectivity index (χ0n) is 17.6. The summed E-state index contributed by atoms with van der Waals surface area (Å²) in [5.74, 6) is 2.60. The van der Waals surface area contributed by atoms with Crippen LogP contribution in [-0.2, 0) is 6.42 Å². The van der Waals surface area contributed by atoms with Gasteiger partial charge in [-0.3, -0.25) is 9.78 Å². The Balaban J connectivity index is 1.41. The van der Waals surface area contributed by atoms with E-state index in [1.165, 1.54) is 0 Å². The Bertz CT molecular complexity index is 1040. The largest absolute Gasteiger partial charge is 0.435 e. The number of piperidine rings is 1. The number of carbonyl (C=O) groups is 1. The zero-order chi connectivity index (χ0) is 21.1. The van der Waals surface area contributed by atoms with Crippen molar-refractivity contribution in [1.29, 1.82) is 0 Å². The van der Waals surface area contributed by atoms with Crippen molar-refractivity contribution in [1.82, 2.24) is 24.8 Å². The summed E-state index contributed by atoms with van der Waals surface area (Å²) < 4.78 is 5.63. The average molecular weight is 406 g/mol. The van der Waals surface area contributed by atoms with Crippen molar-refractivity contribution in [3.05, 3.63) is 59.3 Å². The molecule has 1 N–H and O–H groups in total. The van der Waals surface area contributed by atoms with Crippen LogP contribution in [0.3, 0.4) is 0 Å². The first-order chi connectivity index (χ1) is 14.5. The highest BCUT2D eigenvalue weighted by molar-refractivity contribution is 5.92. The van der Waals surface area contributed by atoms with E-state index in [1.54, 1.807) is 12.4 Å². The molecule has 0 spiro atoms. The molecule has 156 valence electrons. The number of hydrogen-bond donors (Lipinski definition) is 1. The minimum absolute atomic E-state index is 0.0784. The first-order valence-corrected chi connectivity index (χ1v) is 10.3. The van der Waals surface area contributed by atoms with E-state index in [4.69, 9.17) is 9.40 Å². The van der Waals surface area contributed by atoms with Crippen LogP contribution >= 0.6 is 0 Å². The molecule has 8 heteroatoms. The molecule has 0 atom stereocenters. The molecule has 3 aromatic rings. The van der Waals surface area contributed by atoms with Gasteiger partial charge < -0.3 is 14.6 Å². The van der Waals surface area contributed by atoms with Crippen LogP contribution in [0.4, 0.5) is 11.6 Å². The maximum atomic E-state index is 12.8. The molecule has 0 bridgehead atoms. The maximum Gasteiger partial charge on any atom is 0.291 e. The van der Waals surface area contributed by atoms with Gasteiger partial charge in [0.1, 0.15) is 11.6 Å². The molecule has 1 saturated heterocycles. The molecule has 8 nitrogen and oxygen atoms in total. The van der Waals surface area contributed by atoms with E-state index < -0.39 is 0 Å². The normalized spacial score (nSPS) is 14.7. The zero-order valence-corrected chi connectivity index (χ0v) is 17.6. The van der Waals surface area contributed by atoms with Gasteiger partial charge in [0.2, 0.25) is 5.76 Å². The molecule has 0 radical (unpaired) electrons. The lowest BCUT2D eigenvalue weighted by Gasteiger charge is -2.31. The van der Waals surface area contributed by atoms with Crippen molar-refractivity contribution in [2.45, 2.75) is 46.0 Å². The second-order valence-electron chi connectivity index (χ2n) is 7.57. The monoisotopic (exact) mass is 406 g/mol. The van der Waals surface area contributed by atoms with E-state index in [0.29, 0.717) is 42.7 Å². The number of hydrogen-bond acceptors (Lipinski definition) is 7. The predicted molar refractivity (Wildman–Crippen MR) is 113 cm³/mol. The van der Waals surface area contributed by atoms with Crippen molar-refractivity contribution >= 4 is 17.5 Å². The van der Waals surface area contributed by atoms with Crippen LogP contribution in [0.25, 0.3) is 0 Å². The molecule has 30 heavy (non-hydrogen) atoms. The summed E-state index contributed by atoms with van der Waals surface area (Å²) in [6.45, 7) is 7.09. The Morgan fingerprint density at radius 2 is 2.03 bits per heavy atom. The van der Waals surface area contributed by atoms with Gasteiger partial charge in [-0.15, -0.1) is 0 Å². The number of aryl methyl sites for hydroxylation is 3.